The van der Waals surface area contributed by atoms with Crippen molar-refractivity contribution in [2.24, 2.45) is 14.1 Å². The van der Waals surface area contributed by atoms with E-state index in [1.807, 2.05) is 0 Å². The summed E-state index contributed by atoms with van der Waals surface area (Å²) in [6.45, 7) is 4.16. The predicted octanol–water partition coefficient (Wildman–Crippen LogP) is 0.915. The van der Waals surface area contributed by atoms with Gasteiger partial charge in [-0.25, -0.2) is 18.2 Å². The molecular formula is C20H23N5O5S. The number of pyridine rings is 1. The molecule has 3 rings (SSSR count). The summed E-state index contributed by atoms with van der Waals surface area (Å²) in [7, 11) is -0.848. The third kappa shape index (κ3) is 4.01. The minimum Gasteiger partial charge on any atom is -0.322 e. The van der Waals surface area contributed by atoms with Gasteiger partial charge in [0.15, 0.2) is 0 Å². The van der Waals surface area contributed by atoms with Crippen molar-refractivity contribution in [3.8, 4) is 0 Å². The zero-order valence-electron chi connectivity index (χ0n) is 17.6. The number of anilines is 1. The summed E-state index contributed by atoms with van der Waals surface area (Å²) in [4.78, 5) is 41.3. The number of hydrogen-bond acceptors (Lipinski definition) is 6. The maximum atomic E-state index is 12.7. The first kappa shape index (κ1) is 22.4. The molecular weight excluding hydrogens is 422 g/mol. The first-order valence-corrected chi connectivity index (χ1v) is 11.0. The van der Waals surface area contributed by atoms with Crippen molar-refractivity contribution in [1.82, 2.24) is 18.4 Å². The monoisotopic (exact) mass is 445 g/mol. The molecule has 0 radical (unpaired) electrons. The Balaban J connectivity index is 1.97. The maximum absolute atomic E-state index is 12.7. The third-order valence-electron chi connectivity index (χ3n) is 4.99. The van der Waals surface area contributed by atoms with Crippen molar-refractivity contribution >= 4 is 32.7 Å². The second-order valence-corrected chi connectivity index (χ2v) is 8.81. The van der Waals surface area contributed by atoms with E-state index in [4.69, 9.17) is 0 Å². The van der Waals surface area contributed by atoms with Crippen LogP contribution in [0.2, 0.25) is 0 Å². The predicted molar refractivity (Wildman–Crippen MR) is 117 cm³/mol. The molecule has 0 saturated carbocycles. The summed E-state index contributed by atoms with van der Waals surface area (Å²) >= 11 is 0. The minimum atomic E-state index is -3.68. The van der Waals surface area contributed by atoms with Gasteiger partial charge in [0.1, 0.15) is 5.65 Å². The van der Waals surface area contributed by atoms with Gasteiger partial charge in [-0.2, -0.15) is 4.31 Å². The molecule has 0 unspecified atom stereocenters. The van der Waals surface area contributed by atoms with Crippen molar-refractivity contribution < 1.29 is 13.2 Å². The fourth-order valence-electron chi connectivity index (χ4n) is 3.24. The summed E-state index contributed by atoms with van der Waals surface area (Å²) in [5.74, 6) is -0.567. The lowest BCUT2D eigenvalue weighted by Gasteiger charge is -2.18. The molecule has 0 aliphatic heterocycles. The van der Waals surface area contributed by atoms with Gasteiger partial charge in [0, 0.05) is 39.1 Å². The Bertz CT molecular complexity index is 1390. The van der Waals surface area contributed by atoms with E-state index in [0.717, 1.165) is 4.57 Å². The van der Waals surface area contributed by atoms with E-state index in [1.165, 1.54) is 53.4 Å². The largest absolute Gasteiger partial charge is 0.332 e. The van der Waals surface area contributed by atoms with Crippen molar-refractivity contribution in [2.75, 3.05) is 18.4 Å². The molecule has 2 aromatic heterocycles. The first-order chi connectivity index (χ1) is 14.6. The Morgan fingerprint density at radius 1 is 1.10 bits per heavy atom. The Hall–Kier alpha value is -3.31. The Kier molecular flexibility index (Phi) is 6.09. The highest BCUT2D eigenvalue weighted by Gasteiger charge is 2.22. The lowest BCUT2D eigenvalue weighted by atomic mass is 10.2. The smallest absolute Gasteiger partial charge is 0.322 e. The lowest BCUT2D eigenvalue weighted by Crippen LogP contribution is -2.37. The van der Waals surface area contributed by atoms with Gasteiger partial charge < -0.3 is 5.32 Å². The van der Waals surface area contributed by atoms with Gasteiger partial charge in [-0.3, -0.25) is 18.7 Å². The molecule has 11 heteroatoms. The van der Waals surface area contributed by atoms with Crippen molar-refractivity contribution in [2.45, 2.75) is 18.7 Å². The first-order valence-electron chi connectivity index (χ1n) is 9.59. The van der Waals surface area contributed by atoms with Gasteiger partial charge in [-0.05, 0) is 24.3 Å². The van der Waals surface area contributed by atoms with Crippen molar-refractivity contribution in [3.05, 3.63) is 62.9 Å². The quantitative estimate of drug-likeness (QED) is 0.602. The number of amides is 1. The molecule has 0 saturated heterocycles. The zero-order chi connectivity index (χ0) is 22.9. The maximum Gasteiger partial charge on any atom is 0.332 e. The van der Waals surface area contributed by atoms with Crippen LogP contribution in [0.15, 0.2) is 51.0 Å². The second-order valence-electron chi connectivity index (χ2n) is 6.87. The van der Waals surface area contributed by atoms with E-state index >= 15 is 0 Å². The molecule has 0 aliphatic rings. The number of aromatic nitrogens is 3. The van der Waals surface area contributed by atoms with Crippen LogP contribution in [0.5, 0.6) is 0 Å². The zero-order valence-corrected chi connectivity index (χ0v) is 18.4. The third-order valence-corrected chi connectivity index (χ3v) is 7.04. The molecule has 0 bridgehead atoms. The van der Waals surface area contributed by atoms with Crippen molar-refractivity contribution in [1.29, 1.82) is 0 Å². The number of benzene rings is 1. The van der Waals surface area contributed by atoms with Gasteiger partial charge >= 0.3 is 5.69 Å². The van der Waals surface area contributed by atoms with Crippen LogP contribution in [0.1, 0.15) is 24.2 Å². The van der Waals surface area contributed by atoms with Gasteiger partial charge in [0.05, 0.1) is 15.8 Å². The van der Waals surface area contributed by atoms with Gasteiger partial charge in [-0.15, -0.1) is 0 Å². The molecule has 0 atom stereocenters. The molecule has 31 heavy (non-hydrogen) atoms. The van der Waals surface area contributed by atoms with E-state index < -0.39 is 27.2 Å². The van der Waals surface area contributed by atoms with E-state index in [0.29, 0.717) is 13.1 Å². The molecule has 1 aromatic carbocycles. The number of carbonyl (C=O) groups excluding carboxylic acids is 1. The number of nitrogens with zero attached hydrogens (tertiary/aromatic N) is 4. The SMILES string of the molecule is CCN(CC)S(=O)(=O)c1cccc(NC(=O)c2cnc3c(c2)c(=O)n(C)c(=O)n3C)c1. The molecule has 0 fully saturated rings. The molecule has 1 N–H and O–H groups in total. The number of hydrogen-bond donors (Lipinski definition) is 1. The minimum absolute atomic E-state index is 0.0644. The molecule has 3 aromatic rings. The summed E-state index contributed by atoms with van der Waals surface area (Å²) in [5, 5.41) is 2.75. The highest BCUT2D eigenvalue weighted by Crippen LogP contribution is 2.20. The van der Waals surface area contributed by atoms with Crippen LogP contribution in [0.25, 0.3) is 11.0 Å². The van der Waals surface area contributed by atoms with Gasteiger partial charge in [0.25, 0.3) is 11.5 Å². The Morgan fingerprint density at radius 2 is 1.77 bits per heavy atom. The molecule has 164 valence electrons. The molecule has 10 nitrogen and oxygen atoms in total. The lowest BCUT2D eigenvalue weighted by molar-refractivity contribution is 0.102. The summed E-state index contributed by atoms with van der Waals surface area (Å²) in [5.41, 5.74) is -0.537. The fraction of sp³-hybridized carbons (Fsp3) is 0.300. The molecule has 1 amide bonds. The average molecular weight is 446 g/mol. The van der Waals surface area contributed by atoms with Gasteiger partial charge in [-0.1, -0.05) is 19.9 Å². The fourth-order valence-corrected chi connectivity index (χ4v) is 4.74. The number of carbonyl (C=O) groups is 1. The van der Waals surface area contributed by atoms with E-state index in [1.54, 1.807) is 19.9 Å². The second kappa shape index (κ2) is 8.44. The number of aryl methyl sites for hydroxylation is 1. The summed E-state index contributed by atoms with van der Waals surface area (Å²) in [6, 6.07) is 7.30. The highest BCUT2D eigenvalue weighted by atomic mass is 32.2. The topological polar surface area (TPSA) is 123 Å². The van der Waals surface area contributed by atoms with Crippen molar-refractivity contribution in [3.63, 3.8) is 0 Å². The van der Waals surface area contributed by atoms with Crippen LogP contribution in [-0.2, 0) is 24.1 Å². The van der Waals surface area contributed by atoms with Crippen LogP contribution in [0.3, 0.4) is 0 Å². The number of nitrogens with one attached hydrogen (secondary N) is 1. The highest BCUT2D eigenvalue weighted by molar-refractivity contribution is 7.89. The van der Waals surface area contributed by atoms with E-state index in [2.05, 4.69) is 10.3 Å². The number of fused-ring (bicyclic) bond motifs is 1. The van der Waals surface area contributed by atoms with Gasteiger partial charge in [0.2, 0.25) is 10.0 Å². The Labute approximate surface area is 178 Å². The van der Waals surface area contributed by atoms with Crippen LogP contribution >= 0.6 is 0 Å². The van der Waals surface area contributed by atoms with E-state index in [9.17, 15) is 22.8 Å². The standard InChI is InChI=1S/C20H23N5O5S/c1-5-25(6-2)31(29,30)15-9-7-8-14(11-15)22-18(26)13-10-16-17(21-12-13)23(3)20(28)24(4)19(16)27/h7-12H,5-6H2,1-4H3,(H,22,26). The molecule has 0 aliphatic carbocycles. The van der Waals surface area contributed by atoms with Crippen LogP contribution < -0.4 is 16.6 Å². The average Bonchev–Trinajstić information content (AvgIpc) is 2.76. The normalized spacial score (nSPS) is 11.8. The van der Waals surface area contributed by atoms with Crippen LogP contribution in [0.4, 0.5) is 5.69 Å². The summed E-state index contributed by atoms with van der Waals surface area (Å²) in [6.07, 6.45) is 1.26. The summed E-state index contributed by atoms with van der Waals surface area (Å²) < 4.78 is 28.9. The number of sulfonamides is 1. The molecule has 2 heterocycles. The van der Waals surface area contributed by atoms with Crippen LogP contribution in [0, 0.1) is 0 Å². The van der Waals surface area contributed by atoms with Crippen LogP contribution in [-0.4, -0.2) is 45.8 Å². The number of rotatable bonds is 6. The molecule has 0 spiro atoms. The Morgan fingerprint density at radius 3 is 2.42 bits per heavy atom. The van der Waals surface area contributed by atoms with E-state index in [-0.39, 0.29) is 27.2 Å².